The largest absolute Gasteiger partial charge is 0.486 e. The Hall–Kier alpha value is -1.01. The van der Waals surface area contributed by atoms with Crippen molar-refractivity contribution < 1.29 is 4.74 Å². The van der Waals surface area contributed by atoms with Gasteiger partial charge in [-0.1, -0.05) is 6.92 Å². The molecule has 0 radical (unpaired) electrons. The van der Waals surface area contributed by atoms with Crippen molar-refractivity contribution in [3.05, 3.63) is 38.5 Å². The zero-order valence-electron chi connectivity index (χ0n) is 11.5. The highest BCUT2D eigenvalue weighted by Gasteiger charge is 2.14. The van der Waals surface area contributed by atoms with Crippen molar-refractivity contribution in [2.75, 3.05) is 5.73 Å². The van der Waals surface area contributed by atoms with E-state index in [-0.39, 0.29) is 0 Å². The van der Waals surface area contributed by atoms with E-state index in [1.165, 1.54) is 0 Å². The molecule has 0 unspecified atom stereocenters. The van der Waals surface area contributed by atoms with Crippen molar-refractivity contribution >= 4 is 37.5 Å². The summed E-state index contributed by atoms with van der Waals surface area (Å²) in [4.78, 5) is 0. The topological polar surface area (TPSA) is 53.1 Å². The third-order valence-electron chi connectivity index (χ3n) is 3.01. The van der Waals surface area contributed by atoms with Gasteiger partial charge in [0.15, 0.2) is 0 Å². The number of ether oxygens (including phenoxy) is 1. The van der Waals surface area contributed by atoms with Gasteiger partial charge in [0.05, 0.1) is 20.3 Å². The molecule has 0 aliphatic heterocycles. The highest BCUT2D eigenvalue weighted by molar-refractivity contribution is 9.10. The summed E-state index contributed by atoms with van der Waals surface area (Å²) in [6.45, 7) is 5.42. The van der Waals surface area contributed by atoms with Crippen LogP contribution in [0.1, 0.15) is 25.2 Å². The maximum atomic E-state index is 5.87. The maximum Gasteiger partial charge on any atom is 0.136 e. The van der Waals surface area contributed by atoms with Crippen LogP contribution in [0, 0.1) is 0 Å². The monoisotopic (exact) mass is 401 g/mol. The van der Waals surface area contributed by atoms with E-state index >= 15 is 0 Å². The van der Waals surface area contributed by atoms with Crippen LogP contribution in [0.3, 0.4) is 0 Å². The van der Waals surface area contributed by atoms with E-state index < -0.39 is 0 Å². The fraction of sp³-hybridized carbons (Fsp3) is 0.357. The van der Waals surface area contributed by atoms with E-state index in [9.17, 15) is 0 Å². The molecule has 1 aromatic carbocycles. The predicted octanol–water partition coefficient (Wildman–Crippen LogP) is 4.15. The SMILES string of the molecule is CCc1nn(CC)c(COc2cc(N)ccc2Br)c1Br. The molecule has 0 aliphatic rings. The molecular weight excluding hydrogens is 386 g/mol. The molecule has 0 saturated carbocycles. The summed E-state index contributed by atoms with van der Waals surface area (Å²) in [5, 5.41) is 4.55. The Morgan fingerprint density at radius 1 is 1.30 bits per heavy atom. The molecule has 0 spiro atoms. The van der Waals surface area contributed by atoms with Crippen LogP contribution in [0.5, 0.6) is 5.75 Å². The van der Waals surface area contributed by atoms with Gasteiger partial charge in [-0.3, -0.25) is 4.68 Å². The molecule has 4 nitrogen and oxygen atoms in total. The molecule has 20 heavy (non-hydrogen) atoms. The lowest BCUT2D eigenvalue weighted by molar-refractivity contribution is 0.290. The lowest BCUT2D eigenvalue weighted by atomic mass is 10.3. The second-order valence-corrected chi connectivity index (χ2v) is 6.00. The minimum Gasteiger partial charge on any atom is -0.486 e. The lowest BCUT2D eigenvalue weighted by Crippen LogP contribution is -2.07. The molecule has 0 saturated heterocycles. The third-order valence-corrected chi connectivity index (χ3v) is 4.58. The molecule has 0 aliphatic carbocycles. The maximum absolute atomic E-state index is 5.87. The number of nitrogens with two attached hydrogens (primary N) is 1. The molecule has 2 rings (SSSR count). The minimum absolute atomic E-state index is 0.448. The molecule has 0 amide bonds. The second-order valence-electron chi connectivity index (χ2n) is 4.36. The number of nitrogen functional groups attached to an aromatic ring is 1. The van der Waals surface area contributed by atoms with Crippen LogP contribution in [0.15, 0.2) is 27.1 Å². The Kier molecular flexibility index (Phi) is 5.10. The smallest absolute Gasteiger partial charge is 0.136 e. The zero-order valence-corrected chi connectivity index (χ0v) is 14.7. The number of aryl methyl sites for hydroxylation is 2. The normalized spacial score (nSPS) is 10.8. The van der Waals surface area contributed by atoms with Crippen molar-refractivity contribution in [2.24, 2.45) is 0 Å². The van der Waals surface area contributed by atoms with Gasteiger partial charge in [-0.2, -0.15) is 5.10 Å². The van der Waals surface area contributed by atoms with E-state index in [4.69, 9.17) is 10.5 Å². The summed E-state index contributed by atoms with van der Waals surface area (Å²) in [6.07, 6.45) is 0.891. The molecule has 0 bridgehead atoms. The van der Waals surface area contributed by atoms with Crippen LogP contribution in [0.2, 0.25) is 0 Å². The first-order valence-electron chi connectivity index (χ1n) is 6.48. The quantitative estimate of drug-likeness (QED) is 0.764. The average Bonchev–Trinajstić information content (AvgIpc) is 2.75. The zero-order chi connectivity index (χ0) is 14.7. The van der Waals surface area contributed by atoms with Crippen LogP contribution in [0.4, 0.5) is 5.69 Å². The fourth-order valence-electron chi connectivity index (χ4n) is 1.93. The van der Waals surface area contributed by atoms with Crippen LogP contribution in [-0.4, -0.2) is 9.78 Å². The Morgan fingerprint density at radius 2 is 2.05 bits per heavy atom. The summed E-state index contributed by atoms with van der Waals surface area (Å²) in [7, 11) is 0. The summed E-state index contributed by atoms with van der Waals surface area (Å²) in [5.41, 5.74) is 8.55. The molecule has 1 heterocycles. The number of aromatic nitrogens is 2. The van der Waals surface area contributed by atoms with Gasteiger partial charge < -0.3 is 10.5 Å². The van der Waals surface area contributed by atoms with Gasteiger partial charge in [0, 0.05) is 18.3 Å². The van der Waals surface area contributed by atoms with Crippen LogP contribution in [-0.2, 0) is 19.6 Å². The highest BCUT2D eigenvalue weighted by Crippen LogP contribution is 2.29. The minimum atomic E-state index is 0.448. The van der Waals surface area contributed by atoms with Gasteiger partial charge in [-0.25, -0.2) is 0 Å². The molecule has 0 atom stereocenters. The van der Waals surface area contributed by atoms with Crippen LogP contribution in [0.25, 0.3) is 0 Å². The number of hydrogen-bond acceptors (Lipinski definition) is 3. The van der Waals surface area contributed by atoms with Gasteiger partial charge in [-0.15, -0.1) is 0 Å². The predicted molar refractivity (Wildman–Crippen MR) is 87.9 cm³/mol. The van der Waals surface area contributed by atoms with Crippen molar-refractivity contribution in [1.82, 2.24) is 9.78 Å². The Balaban J connectivity index is 2.22. The first-order chi connectivity index (χ1) is 9.56. The molecule has 108 valence electrons. The first-order valence-corrected chi connectivity index (χ1v) is 8.07. The van der Waals surface area contributed by atoms with Crippen LogP contribution < -0.4 is 10.5 Å². The van der Waals surface area contributed by atoms with Gasteiger partial charge >= 0.3 is 0 Å². The van der Waals surface area contributed by atoms with Crippen molar-refractivity contribution in [3.8, 4) is 5.75 Å². The Morgan fingerprint density at radius 3 is 2.70 bits per heavy atom. The first kappa shape index (κ1) is 15.4. The number of hydrogen-bond donors (Lipinski definition) is 1. The Bertz CT molecular complexity index is 611. The molecule has 2 N–H and O–H groups in total. The number of halogens is 2. The Labute approximate surface area is 135 Å². The highest BCUT2D eigenvalue weighted by atomic mass is 79.9. The molecule has 1 aromatic heterocycles. The average molecular weight is 403 g/mol. The molecule has 0 fully saturated rings. The lowest BCUT2D eigenvalue weighted by Gasteiger charge is -2.10. The van der Waals surface area contributed by atoms with Crippen molar-refractivity contribution in [3.63, 3.8) is 0 Å². The summed E-state index contributed by atoms with van der Waals surface area (Å²) in [6, 6.07) is 5.53. The van der Waals surface area contributed by atoms with E-state index in [1.807, 2.05) is 22.9 Å². The van der Waals surface area contributed by atoms with Gasteiger partial charge in [0.2, 0.25) is 0 Å². The molecule has 6 heteroatoms. The number of nitrogens with zero attached hydrogens (tertiary/aromatic N) is 2. The molecule has 2 aromatic rings. The van der Waals surface area contributed by atoms with Crippen LogP contribution >= 0.6 is 31.9 Å². The van der Waals surface area contributed by atoms with Crippen molar-refractivity contribution in [1.29, 1.82) is 0 Å². The van der Waals surface area contributed by atoms with Gasteiger partial charge in [0.1, 0.15) is 12.4 Å². The third kappa shape index (κ3) is 3.17. The number of anilines is 1. The summed E-state index contributed by atoms with van der Waals surface area (Å²) >= 11 is 7.07. The van der Waals surface area contributed by atoms with E-state index in [0.29, 0.717) is 12.3 Å². The van der Waals surface area contributed by atoms with Gasteiger partial charge in [-0.05, 0) is 57.3 Å². The standard InChI is InChI=1S/C14H17Br2N3O/c1-3-11-14(16)12(19(4-2)18-11)8-20-13-7-9(17)5-6-10(13)15/h5-7H,3-4,8,17H2,1-2H3. The van der Waals surface area contributed by atoms with Crippen molar-refractivity contribution in [2.45, 2.75) is 33.4 Å². The van der Waals surface area contributed by atoms with Gasteiger partial charge in [0.25, 0.3) is 0 Å². The summed E-state index contributed by atoms with van der Waals surface area (Å²) in [5.74, 6) is 0.735. The number of benzene rings is 1. The van der Waals surface area contributed by atoms with E-state index in [2.05, 4.69) is 50.8 Å². The van der Waals surface area contributed by atoms with E-state index in [1.54, 1.807) is 0 Å². The second kappa shape index (κ2) is 6.63. The van der Waals surface area contributed by atoms with E-state index in [0.717, 1.165) is 39.0 Å². The summed E-state index contributed by atoms with van der Waals surface area (Å²) < 4.78 is 9.75. The fourth-order valence-corrected chi connectivity index (χ4v) is 2.97. The number of rotatable bonds is 5. The molecular formula is C14H17Br2N3O.